The molecule has 81 heavy (non-hydrogen) atoms. The lowest BCUT2D eigenvalue weighted by Crippen LogP contribution is -2.30. The first-order valence-corrected chi connectivity index (χ1v) is 34.9. The third kappa shape index (κ3) is 56.4. The van der Waals surface area contributed by atoms with Gasteiger partial charge in [0.25, 0.3) is 0 Å². The maximum Gasteiger partial charge on any atom is 0.472 e. The number of phosphoric ester groups is 2. The van der Waals surface area contributed by atoms with Gasteiger partial charge in [-0.25, -0.2) is 9.13 Å². The van der Waals surface area contributed by atoms with Crippen LogP contribution in [0.2, 0.25) is 0 Å². The molecule has 0 bridgehead atoms. The van der Waals surface area contributed by atoms with Crippen molar-refractivity contribution in [2.45, 2.75) is 303 Å². The molecule has 0 saturated carbocycles. The average Bonchev–Trinajstić information content (AvgIpc) is 3.43. The number of hydrogen-bond acceptors (Lipinski definition) is 15. The van der Waals surface area contributed by atoms with Crippen molar-refractivity contribution < 1.29 is 80.2 Å². The Morgan fingerprint density at radius 2 is 0.667 bits per heavy atom. The Labute approximate surface area is 491 Å². The Bertz CT molecular complexity index is 1680. The predicted octanol–water partition coefficient (Wildman–Crippen LogP) is 16.6. The summed E-state index contributed by atoms with van der Waals surface area (Å²) in [6, 6.07) is 0. The van der Waals surface area contributed by atoms with Crippen LogP contribution in [0.1, 0.15) is 285 Å². The number of aliphatic hydroxyl groups is 1. The number of aliphatic hydroxyl groups excluding tert-OH is 1. The molecule has 0 radical (unpaired) electrons. The van der Waals surface area contributed by atoms with Crippen LogP contribution in [0.25, 0.3) is 0 Å². The molecule has 2 unspecified atom stereocenters. The third-order valence-corrected chi connectivity index (χ3v) is 15.6. The molecule has 0 aromatic heterocycles. The fourth-order valence-electron chi connectivity index (χ4n) is 8.69. The van der Waals surface area contributed by atoms with Gasteiger partial charge in [-0.05, 0) is 57.3 Å². The Balaban J connectivity index is 5.22. The molecule has 0 aliphatic heterocycles. The third-order valence-electron chi connectivity index (χ3n) is 13.7. The largest absolute Gasteiger partial charge is 0.472 e. The predicted molar refractivity (Wildman–Crippen MR) is 321 cm³/mol. The van der Waals surface area contributed by atoms with Crippen molar-refractivity contribution in [3.05, 3.63) is 24.3 Å². The number of esters is 4. The lowest BCUT2D eigenvalue weighted by atomic mass is 10.0. The zero-order valence-corrected chi connectivity index (χ0v) is 53.2. The van der Waals surface area contributed by atoms with Crippen LogP contribution >= 0.6 is 15.6 Å². The monoisotopic (exact) mass is 1190 g/mol. The normalized spacial score (nSPS) is 14.5. The Hall–Kier alpha value is -2.46. The van der Waals surface area contributed by atoms with E-state index in [0.29, 0.717) is 31.6 Å². The number of phosphoric acid groups is 2. The number of ether oxygens (including phenoxy) is 4. The van der Waals surface area contributed by atoms with E-state index < -0.39 is 97.5 Å². The van der Waals surface area contributed by atoms with Gasteiger partial charge >= 0.3 is 39.5 Å². The first-order valence-electron chi connectivity index (χ1n) is 32.0. The minimum absolute atomic E-state index is 0.0849. The molecular formula is C62H116O17P2. The summed E-state index contributed by atoms with van der Waals surface area (Å²) in [5.41, 5.74) is 0. The van der Waals surface area contributed by atoms with Gasteiger partial charge in [0.1, 0.15) is 19.3 Å². The van der Waals surface area contributed by atoms with Crippen molar-refractivity contribution >= 4 is 39.5 Å². The fourth-order valence-corrected chi connectivity index (χ4v) is 10.3. The van der Waals surface area contributed by atoms with Gasteiger partial charge < -0.3 is 33.8 Å². The van der Waals surface area contributed by atoms with Crippen molar-refractivity contribution in [1.29, 1.82) is 0 Å². The molecule has 0 saturated heterocycles. The van der Waals surface area contributed by atoms with Gasteiger partial charge in [-0.2, -0.15) is 0 Å². The minimum atomic E-state index is -4.95. The van der Waals surface area contributed by atoms with E-state index in [1.165, 1.54) is 89.9 Å². The zero-order chi connectivity index (χ0) is 59.9. The number of hydrogen-bond donors (Lipinski definition) is 3. The molecule has 0 spiro atoms. The van der Waals surface area contributed by atoms with Crippen LogP contribution in [0.4, 0.5) is 0 Å². The van der Waals surface area contributed by atoms with E-state index in [9.17, 15) is 43.2 Å². The molecule has 0 aromatic rings. The summed E-state index contributed by atoms with van der Waals surface area (Å²) in [5.74, 6) is -1.51. The van der Waals surface area contributed by atoms with Crippen molar-refractivity contribution in [1.82, 2.24) is 0 Å². The van der Waals surface area contributed by atoms with Gasteiger partial charge in [0.05, 0.1) is 26.4 Å². The van der Waals surface area contributed by atoms with Gasteiger partial charge in [-0.3, -0.25) is 37.3 Å². The van der Waals surface area contributed by atoms with Crippen LogP contribution in [0.3, 0.4) is 0 Å². The quantitative estimate of drug-likeness (QED) is 0.0169. The molecule has 3 N–H and O–H groups in total. The maximum atomic E-state index is 12.9. The highest BCUT2D eigenvalue weighted by atomic mass is 31.2. The number of carbonyl (C=O) groups excluding carboxylic acids is 4. The Morgan fingerprint density at radius 1 is 0.383 bits per heavy atom. The first-order chi connectivity index (χ1) is 39.0. The lowest BCUT2D eigenvalue weighted by molar-refractivity contribution is -0.161. The van der Waals surface area contributed by atoms with Crippen LogP contribution in [-0.4, -0.2) is 96.7 Å². The number of allylic oxidation sites excluding steroid dienone is 4. The van der Waals surface area contributed by atoms with Gasteiger partial charge in [0.2, 0.25) is 0 Å². The van der Waals surface area contributed by atoms with Crippen molar-refractivity contribution in [3.8, 4) is 0 Å². The van der Waals surface area contributed by atoms with Crippen LogP contribution in [-0.2, 0) is 65.4 Å². The molecular weight excluding hydrogens is 1080 g/mol. The minimum Gasteiger partial charge on any atom is -0.462 e. The summed E-state index contributed by atoms with van der Waals surface area (Å²) < 4.78 is 67.6. The van der Waals surface area contributed by atoms with Gasteiger partial charge in [-0.1, -0.05) is 232 Å². The Kier molecular flexibility index (Phi) is 53.7. The van der Waals surface area contributed by atoms with Crippen LogP contribution in [0.15, 0.2) is 24.3 Å². The standard InChI is InChI=1S/C62H116O17P2/c1-6-9-12-15-17-19-21-23-24-25-27-29-31-37-42-47-61(66)78-58(52-73-60(65)46-41-36-30-28-26-22-20-18-16-13-10-7-2)54-77-81(70,71)75-50-56(63)49-74-80(68,69)76-53-57(51-72-59(64)45-40-34-14-11-8-3)79-62(67)48-43-38-33-32-35-39-44-55(4)5/h19,21,23-24,55-58,63H,6-18,20,22,25-54H2,1-5H3,(H,68,69)(H,70,71)/b21-19-,24-23-/t56-,57+,58+/m0/s1. The molecule has 0 heterocycles. The Morgan fingerprint density at radius 3 is 1.01 bits per heavy atom. The molecule has 0 aromatic carbocycles. The molecule has 0 amide bonds. The van der Waals surface area contributed by atoms with Crippen LogP contribution in [0.5, 0.6) is 0 Å². The molecule has 17 nitrogen and oxygen atoms in total. The molecule has 0 rings (SSSR count). The van der Waals surface area contributed by atoms with Crippen molar-refractivity contribution in [3.63, 3.8) is 0 Å². The smallest absolute Gasteiger partial charge is 0.462 e. The summed E-state index contributed by atoms with van der Waals surface area (Å²) in [6.07, 6.45) is 41.7. The highest BCUT2D eigenvalue weighted by molar-refractivity contribution is 7.47. The van der Waals surface area contributed by atoms with E-state index >= 15 is 0 Å². The SMILES string of the molecule is CCCCCC/C=C\C=C/CCCCCCCC(=O)O[C@H](COC(=O)CCCCCCCCCCCCCC)COP(=O)(O)OC[C@@H](O)COP(=O)(O)OC[C@@H](COC(=O)CCCCCCC)OC(=O)CCCCCCCCC(C)C. The lowest BCUT2D eigenvalue weighted by Gasteiger charge is -2.21. The van der Waals surface area contributed by atoms with E-state index in [1.807, 2.05) is 0 Å². The van der Waals surface area contributed by atoms with Gasteiger partial charge in [-0.15, -0.1) is 0 Å². The second-order valence-corrected chi connectivity index (χ2v) is 25.1. The summed E-state index contributed by atoms with van der Waals surface area (Å²) in [7, 11) is -9.89. The van der Waals surface area contributed by atoms with E-state index in [4.69, 9.17) is 37.0 Å². The van der Waals surface area contributed by atoms with Crippen LogP contribution < -0.4 is 0 Å². The number of carbonyl (C=O) groups is 4. The molecule has 5 atom stereocenters. The van der Waals surface area contributed by atoms with Gasteiger partial charge in [0, 0.05) is 25.7 Å². The number of rotatable bonds is 60. The van der Waals surface area contributed by atoms with Crippen LogP contribution in [0, 0.1) is 5.92 Å². The highest BCUT2D eigenvalue weighted by Crippen LogP contribution is 2.45. The second kappa shape index (κ2) is 55.4. The van der Waals surface area contributed by atoms with E-state index in [2.05, 4.69) is 58.9 Å². The average molecular weight is 1200 g/mol. The molecule has 0 fully saturated rings. The summed E-state index contributed by atoms with van der Waals surface area (Å²) in [6.45, 7) is 6.93. The summed E-state index contributed by atoms with van der Waals surface area (Å²) in [5, 5.41) is 10.5. The molecule has 0 aliphatic rings. The number of unbranched alkanes of at least 4 members (excludes halogenated alkanes) is 29. The first kappa shape index (κ1) is 78.5. The van der Waals surface area contributed by atoms with E-state index in [1.54, 1.807) is 0 Å². The molecule has 476 valence electrons. The molecule has 0 aliphatic carbocycles. The van der Waals surface area contributed by atoms with Crippen molar-refractivity contribution in [2.75, 3.05) is 39.6 Å². The maximum absolute atomic E-state index is 12.9. The van der Waals surface area contributed by atoms with Gasteiger partial charge in [0.15, 0.2) is 12.2 Å². The topological polar surface area (TPSA) is 237 Å². The second-order valence-electron chi connectivity index (χ2n) is 22.2. The van der Waals surface area contributed by atoms with E-state index in [-0.39, 0.29) is 25.7 Å². The zero-order valence-electron chi connectivity index (χ0n) is 51.4. The summed E-state index contributed by atoms with van der Waals surface area (Å²) in [4.78, 5) is 71.8. The summed E-state index contributed by atoms with van der Waals surface area (Å²) >= 11 is 0. The fraction of sp³-hybridized carbons (Fsp3) is 0.871. The van der Waals surface area contributed by atoms with Crippen molar-refractivity contribution in [2.24, 2.45) is 5.92 Å². The molecule has 19 heteroatoms. The highest BCUT2D eigenvalue weighted by Gasteiger charge is 2.30. The van der Waals surface area contributed by atoms with E-state index in [0.717, 1.165) is 109 Å².